The third-order valence-electron chi connectivity index (χ3n) is 3.12. The van der Waals surface area contributed by atoms with Gasteiger partial charge in [0.15, 0.2) is 0 Å². The molecule has 0 unspecified atom stereocenters. The summed E-state index contributed by atoms with van der Waals surface area (Å²) in [5.41, 5.74) is 5.70. The molecule has 0 aliphatic heterocycles. The summed E-state index contributed by atoms with van der Waals surface area (Å²) in [7, 11) is 2.92. The minimum atomic E-state index is -2.70. The summed E-state index contributed by atoms with van der Waals surface area (Å²) in [5, 5.41) is 0. The molecule has 6 heteroatoms. The van der Waals surface area contributed by atoms with Gasteiger partial charge in [0.1, 0.15) is 5.69 Å². The number of aryl methyl sites for hydroxylation is 1. The minimum absolute atomic E-state index is 0.308. The summed E-state index contributed by atoms with van der Waals surface area (Å²) < 4.78 is 31.9. The van der Waals surface area contributed by atoms with E-state index in [1.165, 1.54) is 17.7 Å². The van der Waals surface area contributed by atoms with Gasteiger partial charge in [-0.3, -0.25) is 0 Å². The van der Waals surface area contributed by atoms with E-state index in [1.807, 2.05) is 0 Å². The molecule has 0 bridgehead atoms. The van der Waals surface area contributed by atoms with E-state index in [2.05, 4.69) is 4.74 Å². The quantitative estimate of drug-likeness (QED) is 0.800. The predicted octanol–water partition coefficient (Wildman–Crippen LogP) is 1.39. The van der Waals surface area contributed by atoms with Gasteiger partial charge >= 0.3 is 5.97 Å². The smallest absolute Gasteiger partial charge is 0.354 e. The number of esters is 1. The lowest BCUT2D eigenvalue weighted by Crippen LogP contribution is -2.55. The topological polar surface area (TPSA) is 57.2 Å². The van der Waals surface area contributed by atoms with Crippen molar-refractivity contribution in [2.75, 3.05) is 7.11 Å². The van der Waals surface area contributed by atoms with Crippen LogP contribution in [0.1, 0.15) is 28.9 Å². The fourth-order valence-corrected chi connectivity index (χ4v) is 2.22. The highest BCUT2D eigenvalue weighted by molar-refractivity contribution is 5.88. The molecule has 94 valence electrons. The van der Waals surface area contributed by atoms with Crippen LogP contribution in [0.15, 0.2) is 12.3 Å². The Bertz CT molecular complexity index is 460. The van der Waals surface area contributed by atoms with Gasteiger partial charge in [0.25, 0.3) is 5.92 Å². The number of nitrogens with two attached hydrogens (primary N) is 1. The van der Waals surface area contributed by atoms with Crippen LogP contribution >= 0.6 is 0 Å². The third kappa shape index (κ3) is 1.93. The lowest BCUT2D eigenvalue weighted by Gasteiger charge is -2.44. The lowest BCUT2D eigenvalue weighted by atomic mass is 9.70. The molecule has 0 saturated heterocycles. The number of carbonyl (C=O) groups is 1. The Hall–Kier alpha value is -1.43. The third-order valence-corrected chi connectivity index (χ3v) is 3.12. The lowest BCUT2D eigenvalue weighted by molar-refractivity contribution is -0.125. The van der Waals surface area contributed by atoms with E-state index in [-0.39, 0.29) is 12.8 Å². The van der Waals surface area contributed by atoms with Crippen molar-refractivity contribution in [3.8, 4) is 0 Å². The van der Waals surface area contributed by atoms with Crippen molar-refractivity contribution in [1.29, 1.82) is 0 Å². The number of nitrogens with zero attached hydrogens (tertiary/aromatic N) is 1. The number of hydrogen-bond acceptors (Lipinski definition) is 3. The van der Waals surface area contributed by atoms with E-state index in [1.54, 1.807) is 13.2 Å². The minimum Gasteiger partial charge on any atom is -0.464 e. The summed E-state index contributed by atoms with van der Waals surface area (Å²) in [4.78, 5) is 11.4. The van der Waals surface area contributed by atoms with Gasteiger partial charge in [-0.25, -0.2) is 13.6 Å². The highest BCUT2D eigenvalue weighted by atomic mass is 19.3. The molecule has 1 heterocycles. The first-order valence-corrected chi connectivity index (χ1v) is 5.19. The highest BCUT2D eigenvalue weighted by Crippen LogP contribution is 2.50. The normalized spacial score (nSPS) is 20.8. The van der Waals surface area contributed by atoms with Crippen molar-refractivity contribution < 1.29 is 18.3 Å². The number of hydrogen-bond donors (Lipinski definition) is 1. The Labute approximate surface area is 97.3 Å². The molecule has 17 heavy (non-hydrogen) atoms. The number of alkyl halides is 2. The Balaban J connectivity index is 2.27. The van der Waals surface area contributed by atoms with E-state index < -0.39 is 17.4 Å². The van der Waals surface area contributed by atoms with Gasteiger partial charge in [0, 0.05) is 26.1 Å². The molecular weight excluding hydrogens is 230 g/mol. The first-order chi connectivity index (χ1) is 7.77. The van der Waals surface area contributed by atoms with Crippen LogP contribution in [0.2, 0.25) is 0 Å². The first kappa shape index (κ1) is 12.0. The van der Waals surface area contributed by atoms with E-state index in [0.717, 1.165) is 0 Å². The maximum Gasteiger partial charge on any atom is 0.354 e. The van der Waals surface area contributed by atoms with Gasteiger partial charge in [-0.2, -0.15) is 0 Å². The first-order valence-electron chi connectivity index (χ1n) is 5.19. The monoisotopic (exact) mass is 244 g/mol. The fraction of sp³-hybridized carbons (Fsp3) is 0.545. The second-order valence-electron chi connectivity index (χ2n) is 4.58. The molecule has 1 aromatic rings. The molecule has 4 nitrogen and oxygen atoms in total. The second-order valence-corrected chi connectivity index (χ2v) is 4.58. The molecular formula is C11H14F2N2O2. The van der Waals surface area contributed by atoms with E-state index >= 15 is 0 Å². The zero-order valence-corrected chi connectivity index (χ0v) is 9.67. The van der Waals surface area contributed by atoms with Crippen LogP contribution in [0, 0.1) is 0 Å². The summed E-state index contributed by atoms with van der Waals surface area (Å²) in [6.07, 6.45) is 0.830. The predicted molar refractivity (Wildman–Crippen MR) is 56.8 cm³/mol. The molecule has 1 aliphatic carbocycles. The van der Waals surface area contributed by atoms with Crippen molar-refractivity contribution in [3.63, 3.8) is 0 Å². The average Bonchev–Trinajstić information content (AvgIpc) is 2.56. The zero-order chi connectivity index (χ0) is 12.8. The van der Waals surface area contributed by atoms with Gasteiger partial charge < -0.3 is 15.0 Å². The standard InChI is InChI=1S/C11H14F2N2O2/c1-15-4-7(3-8(15)9(16)17-2)10(14)5-11(12,13)6-10/h3-4H,5-6,14H2,1-2H3. The Kier molecular flexibility index (Phi) is 2.50. The molecule has 0 radical (unpaired) electrons. The van der Waals surface area contributed by atoms with Crippen molar-refractivity contribution in [2.45, 2.75) is 24.3 Å². The number of aromatic nitrogens is 1. The van der Waals surface area contributed by atoms with Crippen LogP contribution in [0.5, 0.6) is 0 Å². The fourth-order valence-electron chi connectivity index (χ4n) is 2.22. The molecule has 0 aromatic carbocycles. The Morgan fingerprint density at radius 2 is 2.12 bits per heavy atom. The van der Waals surface area contributed by atoms with Gasteiger partial charge in [-0.15, -0.1) is 0 Å². The second kappa shape index (κ2) is 3.53. The highest BCUT2D eigenvalue weighted by Gasteiger charge is 2.55. The molecule has 0 spiro atoms. The summed E-state index contributed by atoms with van der Waals surface area (Å²) in [5.74, 6) is -3.20. The number of halogens is 2. The number of methoxy groups -OCH3 is 1. The molecule has 1 aliphatic rings. The molecule has 2 N–H and O–H groups in total. The van der Waals surface area contributed by atoms with Crippen molar-refractivity contribution >= 4 is 5.97 Å². The van der Waals surface area contributed by atoms with Gasteiger partial charge in [0.05, 0.1) is 12.6 Å². The van der Waals surface area contributed by atoms with Gasteiger partial charge in [-0.1, -0.05) is 0 Å². The number of rotatable bonds is 2. The Morgan fingerprint density at radius 3 is 2.59 bits per heavy atom. The van der Waals surface area contributed by atoms with Crippen LogP contribution in [0.25, 0.3) is 0 Å². The molecule has 1 fully saturated rings. The molecule has 0 atom stereocenters. The van der Waals surface area contributed by atoms with Crippen LogP contribution in [-0.2, 0) is 17.3 Å². The summed E-state index contributed by atoms with van der Waals surface area (Å²) in [6, 6.07) is 1.51. The van der Waals surface area contributed by atoms with E-state index in [0.29, 0.717) is 11.3 Å². The SMILES string of the molecule is COC(=O)c1cc(C2(N)CC(F)(F)C2)cn1C. The van der Waals surface area contributed by atoms with E-state index in [4.69, 9.17) is 5.73 Å². The molecule has 1 saturated carbocycles. The number of ether oxygens (including phenoxy) is 1. The molecule has 1 aromatic heterocycles. The maximum absolute atomic E-state index is 12.9. The largest absolute Gasteiger partial charge is 0.464 e. The summed E-state index contributed by atoms with van der Waals surface area (Å²) >= 11 is 0. The van der Waals surface area contributed by atoms with Crippen LogP contribution in [0.4, 0.5) is 8.78 Å². The molecule has 0 amide bonds. The average molecular weight is 244 g/mol. The van der Waals surface area contributed by atoms with Crippen molar-refractivity contribution in [3.05, 3.63) is 23.5 Å². The molecule has 2 rings (SSSR count). The van der Waals surface area contributed by atoms with Crippen LogP contribution in [-0.4, -0.2) is 23.6 Å². The Morgan fingerprint density at radius 1 is 1.53 bits per heavy atom. The van der Waals surface area contributed by atoms with Gasteiger partial charge in [-0.05, 0) is 11.6 Å². The zero-order valence-electron chi connectivity index (χ0n) is 9.67. The van der Waals surface area contributed by atoms with Crippen molar-refractivity contribution in [1.82, 2.24) is 4.57 Å². The summed E-state index contributed by atoms with van der Waals surface area (Å²) in [6.45, 7) is 0. The number of carbonyl (C=O) groups excluding carboxylic acids is 1. The van der Waals surface area contributed by atoms with Crippen LogP contribution < -0.4 is 5.73 Å². The van der Waals surface area contributed by atoms with Crippen LogP contribution in [0.3, 0.4) is 0 Å². The van der Waals surface area contributed by atoms with E-state index in [9.17, 15) is 13.6 Å². The van der Waals surface area contributed by atoms with Crippen molar-refractivity contribution in [2.24, 2.45) is 12.8 Å². The van der Waals surface area contributed by atoms with Gasteiger partial charge in [0.2, 0.25) is 0 Å². The maximum atomic E-state index is 12.9.